The summed E-state index contributed by atoms with van der Waals surface area (Å²) in [5, 5.41) is 15.2. The number of thioether (sulfide) groups is 1. The molecule has 0 amide bonds. The van der Waals surface area contributed by atoms with Crippen LogP contribution in [0.3, 0.4) is 0 Å². The molecule has 0 bridgehead atoms. The van der Waals surface area contributed by atoms with Gasteiger partial charge in [0.25, 0.3) is 0 Å². The van der Waals surface area contributed by atoms with Crippen LogP contribution >= 0.6 is 11.8 Å². The van der Waals surface area contributed by atoms with Crippen LogP contribution in [0.1, 0.15) is 26.7 Å². The van der Waals surface area contributed by atoms with Crippen molar-refractivity contribution in [3.8, 4) is 0 Å². The first-order valence-corrected chi connectivity index (χ1v) is 7.42. The molecule has 1 rings (SSSR count). The number of hydrogen-bond acceptors (Lipinski definition) is 7. The number of rotatable bonds is 9. The van der Waals surface area contributed by atoms with E-state index in [1.807, 2.05) is 6.92 Å². The highest BCUT2D eigenvalue weighted by atomic mass is 32.2. The summed E-state index contributed by atoms with van der Waals surface area (Å²) in [6.45, 7) is 5.09. The van der Waals surface area contributed by atoms with Crippen molar-refractivity contribution < 1.29 is 9.53 Å². The molecule has 0 aromatic carbocycles. The molecule has 0 spiro atoms. The van der Waals surface area contributed by atoms with Gasteiger partial charge < -0.3 is 10.1 Å². The zero-order chi connectivity index (χ0) is 14.1. The number of aryl methyl sites for hydroxylation is 1. The number of nitrogens with one attached hydrogen (secondary N) is 1. The third-order valence-corrected chi connectivity index (χ3v) is 3.47. The van der Waals surface area contributed by atoms with Gasteiger partial charge in [-0.3, -0.25) is 4.79 Å². The van der Waals surface area contributed by atoms with Crippen LogP contribution in [0.2, 0.25) is 0 Å². The minimum absolute atomic E-state index is 0.187. The van der Waals surface area contributed by atoms with Gasteiger partial charge in [-0.2, -0.15) is 0 Å². The zero-order valence-electron chi connectivity index (χ0n) is 11.6. The van der Waals surface area contributed by atoms with Crippen LogP contribution in [-0.2, 0) is 16.6 Å². The fourth-order valence-corrected chi connectivity index (χ4v) is 2.33. The number of hydrogen-bond donors (Lipinski definition) is 1. The van der Waals surface area contributed by atoms with Crippen molar-refractivity contribution in [2.45, 2.75) is 37.9 Å². The highest BCUT2D eigenvalue weighted by molar-refractivity contribution is 7.99. The van der Waals surface area contributed by atoms with Crippen LogP contribution in [0.4, 0.5) is 0 Å². The molecule has 0 radical (unpaired) electrons. The molecule has 0 fully saturated rings. The highest BCUT2D eigenvalue weighted by Crippen LogP contribution is 2.14. The molecule has 7 nitrogen and oxygen atoms in total. The third-order valence-electron chi connectivity index (χ3n) is 2.43. The summed E-state index contributed by atoms with van der Waals surface area (Å²) < 4.78 is 6.67. The van der Waals surface area contributed by atoms with Crippen LogP contribution < -0.4 is 5.32 Å². The van der Waals surface area contributed by atoms with Crippen molar-refractivity contribution >= 4 is 17.7 Å². The summed E-state index contributed by atoms with van der Waals surface area (Å²) in [5.74, 6) is 0.571. The van der Waals surface area contributed by atoms with Crippen molar-refractivity contribution in [2.75, 3.05) is 18.9 Å². The van der Waals surface area contributed by atoms with E-state index in [1.54, 1.807) is 11.7 Å². The summed E-state index contributed by atoms with van der Waals surface area (Å²) in [6, 6.07) is -0.256. The molecule has 1 aromatic rings. The van der Waals surface area contributed by atoms with E-state index in [2.05, 4.69) is 27.8 Å². The predicted octanol–water partition coefficient (Wildman–Crippen LogP) is 0.624. The first-order chi connectivity index (χ1) is 9.19. The molecule has 108 valence electrons. The largest absolute Gasteiger partial charge is 0.465 e. The number of carbonyl (C=O) groups excluding carboxylic acids is 1. The molecule has 1 aromatic heterocycles. The molecule has 8 heteroatoms. The number of ether oxygens (including phenoxy) is 1. The third kappa shape index (κ3) is 5.56. The summed E-state index contributed by atoms with van der Waals surface area (Å²) >= 11 is 1.53. The Balaban J connectivity index is 2.39. The molecular weight excluding hydrogens is 266 g/mol. The van der Waals surface area contributed by atoms with Gasteiger partial charge in [0, 0.05) is 12.8 Å². The van der Waals surface area contributed by atoms with Crippen LogP contribution in [0.15, 0.2) is 5.16 Å². The average Bonchev–Trinajstić information content (AvgIpc) is 2.79. The van der Waals surface area contributed by atoms with Crippen LogP contribution in [0, 0.1) is 0 Å². The standard InChI is InChI=1S/C11H21N5O2S/c1-4-7-12-9(10(17)18-5-2)6-8-19-11-13-14-15-16(11)3/h9,12H,4-8H2,1-3H3. The Morgan fingerprint density at radius 2 is 2.32 bits per heavy atom. The van der Waals surface area contributed by atoms with Gasteiger partial charge in [0.05, 0.1) is 6.61 Å². The summed E-state index contributed by atoms with van der Waals surface area (Å²) in [5.41, 5.74) is 0. The number of carbonyl (C=O) groups is 1. The van der Waals surface area contributed by atoms with E-state index in [1.165, 1.54) is 11.8 Å². The normalized spacial score (nSPS) is 12.4. The second-order valence-electron chi connectivity index (χ2n) is 3.98. The number of esters is 1. The Hall–Kier alpha value is -1.15. The van der Waals surface area contributed by atoms with Gasteiger partial charge in [0.2, 0.25) is 5.16 Å². The maximum absolute atomic E-state index is 11.8. The van der Waals surface area contributed by atoms with Gasteiger partial charge in [-0.1, -0.05) is 18.7 Å². The van der Waals surface area contributed by atoms with Crippen LogP contribution in [-0.4, -0.2) is 51.1 Å². The Kier molecular flexibility index (Phi) is 7.42. The predicted molar refractivity (Wildman–Crippen MR) is 72.9 cm³/mol. The monoisotopic (exact) mass is 287 g/mol. The molecule has 1 heterocycles. The quantitative estimate of drug-likeness (QED) is 0.526. The van der Waals surface area contributed by atoms with E-state index < -0.39 is 0 Å². The first-order valence-electron chi connectivity index (χ1n) is 6.44. The number of nitrogens with zero attached hydrogens (tertiary/aromatic N) is 4. The highest BCUT2D eigenvalue weighted by Gasteiger charge is 2.18. The van der Waals surface area contributed by atoms with Gasteiger partial charge in [-0.25, -0.2) is 4.68 Å². The summed E-state index contributed by atoms with van der Waals surface area (Å²) in [4.78, 5) is 11.8. The lowest BCUT2D eigenvalue weighted by Crippen LogP contribution is -2.39. The van der Waals surface area contributed by atoms with E-state index >= 15 is 0 Å². The fraction of sp³-hybridized carbons (Fsp3) is 0.818. The average molecular weight is 287 g/mol. The Bertz CT molecular complexity index is 385. The minimum Gasteiger partial charge on any atom is -0.465 e. The van der Waals surface area contributed by atoms with Crippen molar-refractivity contribution in [3.63, 3.8) is 0 Å². The maximum atomic E-state index is 11.8. The molecule has 19 heavy (non-hydrogen) atoms. The van der Waals surface area contributed by atoms with E-state index in [9.17, 15) is 4.79 Å². The van der Waals surface area contributed by atoms with Gasteiger partial charge in [0.15, 0.2) is 0 Å². The second kappa shape index (κ2) is 8.87. The molecule has 0 aliphatic carbocycles. The zero-order valence-corrected chi connectivity index (χ0v) is 12.4. The lowest BCUT2D eigenvalue weighted by Gasteiger charge is -2.16. The lowest BCUT2D eigenvalue weighted by atomic mass is 10.2. The number of aromatic nitrogens is 4. The molecule has 0 saturated heterocycles. The number of tetrazole rings is 1. The Morgan fingerprint density at radius 1 is 1.53 bits per heavy atom. The Morgan fingerprint density at radius 3 is 2.89 bits per heavy atom. The molecule has 0 aliphatic rings. The van der Waals surface area contributed by atoms with Crippen molar-refractivity contribution in [3.05, 3.63) is 0 Å². The van der Waals surface area contributed by atoms with Crippen molar-refractivity contribution in [1.29, 1.82) is 0 Å². The second-order valence-corrected chi connectivity index (χ2v) is 5.04. The summed E-state index contributed by atoms with van der Waals surface area (Å²) in [6.07, 6.45) is 1.67. The van der Waals surface area contributed by atoms with E-state index in [4.69, 9.17) is 4.74 Å². The van der Waals surface area contributed by atoms with Gasteiger partial charge in [-0.05, 0) is 36.7 Å². The fourth-order valence-electron chi connectivity index (χ4n) is 1.48. The van der Waals surface area contributed by atoms with E-state index in [0.29, 0.717) is 13.0 Å². The molecule has 1 unspecified atom stereocenters. The van der Waals surface area contributed by atoms with E-state index in [0.717, 1.165) is 23.9 Å². The lowest BCUT2D eigenvalue weighted by molar-refractivity contribution is -0.145. The first kappa shape index (κ1) is 15.9. The molecule has 1 atom stereocenters. The topological polar surface area (TPSA) is 81.9 Å². The van der Waals surface area contributed by atoms with Gasteiger partial charge in [0.1, 0.15) is 6.04 Å². The SMILES string of the molecule is CCCNC(CCSc1nnnn1C)C(=O)OCC. The smallest absolute Gasteiger partial charge is 0.323 e. The van der Waals surface area contributed by atoms with Gasteiger partial charge >= 0.3 is 5.97 Å². The molecule has 0 aliphatic heterocycles. The van der Waals surface area contributed by atoms with Gasteiger partial charge in [-0.15, -0.1) is 5.10 Å². The molecule has 1 N–H and O–H groups in total. The summed E-state index contributed by atoms with van der Waals surface area (Å²) in [7, 11) is 1.79. The molecular formula is C11H21N5O2S. The van der Waals surface area contributed by atoms with Crippen LogP contribution in [0.5, 0.6) is 0 Å². The van der Waals surface area contributed by atoms with Crippen LogP contribution in [0.25, 0.3) is 0 Å². The minimum atomic E-state index is -0.256. The maximum Gasteiger partial charge on any atom is 0.323 e. The van der Waals surface area contributed by atoms with E-state index in [-0.39, 0.29) is 12.0 Å². The van der Waals surface area contributed by atoms with Crippen molar-refractivity contribution in [1.82, 2.24) is 25.5 Å². The molecule has 0 saturated carbocycles. The Labute approximate surface area is 117 Å². The van der Waals surface area contributed by atoms with Crippen molar-refractivity contribution in [2.24, 2.45) is 7.05 Å².